The van der Waals surface area contributed by atoms with Crippen LogP contribution < -0.4 is 4.74 Å². The van der Waals surface area contributed by atoms with Gasteiger partial charge in [-0.3, -0.25) is 9.69 Å². The molecule has 0 spiro atoms. The van der Waals surface area contributed by atoms with E-state index in [1.165, 1.54) is 29.0 Å². The molecule has 0 atom stereocenters. The molecule has 4 rings (SSSR count). The lowest BCUT2D eigenvalue weighted by atomic mass is 10.1. The van der Waals surface area contributed by atoms with E-state index in [1.54, 1.807) is 6.07 Å². The molecular weight excluding hydrogens is 459 g/mol. The second kappa shape index (κ2) is 10.2. The van der Waals surface area contributed by atoms with Crippen LogP contribution in [-0.2, 0) is 13.2 Å². The molecule has 4 nitrogen and oxygen atoms in total. The van der Waals surface area contributed by atoms with Gasteiger partial charge in [0, 0.05) is 43.3 Å². The first-order valence-electron chi connectivity index (χ1n) is 11.0. The molecule has 0 bridgehead atoms. The molecule has 3 aromatic rings. The minimum Gasteiger partial charge on any atom is -0.488 e. The molecule has 2 heterocycles. The molecule has 1 aromatic heterocycles. The highest BCUT2D eigenvalue weighted by atomic mass is 35.5. The first-order chi connectivity index (χ1) is 15.8. The van der Waals surface area contributed by atoms with Gasteiger partial charge in [-0.15, -0.1) is 11.3 Å². The van der Waals surface area contributed by atoms with E-state index in [4.69, 9.17) is 16.3 Å². The molecule has 0 N–H and O–H groups in total. The third kappa shape index (κ3) is 5.75. The zero-order valence-electron chi connectivity index (χ0n) is 19.2. The van der Waals surface area contributed by atoms with E-state index < -0.39 is 0 Å². The molecule has 1 saturated heterocycles. The lowest BCUT2D eigenvalue weighted by Gasteiger charge is -2.34. The largest absolute Gasteiger partial charge is 0.488 e. The van der Waals surface area contributed by atoms with Gasteiger partial charge in [-0.1, -0.05) is 35.4 Å². The topological polar surface area (TPSA) is 32.8 Å². The van der Waals surface area contributed by atoms with Gasteiger partial charge in [-0.25, -0.2) is 4.39 Å². The fourth-order valence-electron chi connectivity index (χ4n) is 4.27. The second-order valence-electron chi connectivity index (χ2n) is 8.64. The van der Waals surface area contributed by atoms with E-state index in [0.29, 0.717) is 31.3 Å². The predicted molar refractivity (Wildman–Crippen MR) is 132 cm³/mol. The zero-order chi connectivity index (χ0) is 23.5. The number of hydrogen-bond acceptors (Lipinski definition) is 4. The fourth-order valence-corrected chi connectivity index (χ4v) is 5.36. The molecule has 7 heteroatoms. The number of carbonyl (C=O) groups excluding carboxylic acids is 1. The highest BCUT2D eigenvalue weighted by Crippen LogP contribution is 2.27. The van der Waals surface area contributed by atoms with Gasteiger partial charge < -0.3 is 9.64 Å². The Kier molecular flexibility index (Phi) is 7.37. The van der Waals surface area contributed by atoms with Crippen LogP contribution in [0.3, 0.4) is 0 Å². The average molecular weight is 487 g/mol. The Morgan fingerprint density at radius 3 is 2.42 bits per heavy atom. The first kappa shape index (κ1) is 23.7. The summed E-state index contributed by atoms with van der Waals surface area (Å²) in [7, 11) is 0. The highest BCUT2D eigenvalue weighted by Gasteiger charge is 2.24. The molecule has 1 fully saturated rings. The molecule has 1 amide bonds. The van der Waals surface area contributed by atoms with Crippen LogP contribution in [0.1, 0.15) is 37.5 Å². The minimum atomic E-state index is -0.330. The van der Waals surface area contributed by atoms with Crippen molar-refractivity contribution < 1.29 is 13.9 Å². The Labute approximate surface area is 203 Å². The number of aryl methyl sites for hydroxylation is 3. The van der Waals surface area contributed by atoms with Crippen molar-refractivity contribution in [1.29, 1.82) is 0 Å². The Balaban J connectivity index is 1.31. The number of nitrogens with zero attached hydrogens (tertiary/aromatic N) is 2. The van der Waals surface area contributed by atoms with Gasteiger partial charge in [0.05, 0.1) is 4.88 Å². The van der Waals surface area contributed by atoms with Gasteiger partial charge in [0.1, 0.15) is 18.2 Å². The van der Waals surface area contributed by atoms with E-state index in [9.17, 15) is 9.18 Å². The number of rotatable bonds is 6. The van der Waals surface area contributed by atoms with Gasteiger partial charge in [-0.2, -0.15) is 0 Å². The van der Waals surface area contributed by atoms with Crippen LogP contribution in [0.4, 0.5) is 4.39 Å². The third-order valence-corrected chi connectivity index (χ3v) is 7.24. The Morgan fingerprint density at radius 2 is 1.76 bits per heavy atom. The summed E-state index contributed by atoms with van der Waals surface area (Å²) in [6, 6.07) is 10.7. The summed E-state index contributed by atoms with van der Waals surface area (Å²) in [5.74, 6) is 0.648. The summed E-state index contributed by atoms with van der Waals surface area (Å²) in [5.41, 5.74) is 5.38. The summed E-state index contributed by atoms with van der Waals surface area (Å²) in [4.78, 5) is 17.9. The van der Waals surface area contributed by atoms with Crippen LogP contribution in [0.15, 0.2) is 41.8 Å². The van der Waals surface area contributed by atoms with Crippen molar-refractivity contribution in [2.45, 2.75) is 33.9 Å². The molecule has 0 unspecified atom stereocenters. The van der Waals surface area contributed by atoms with E-state index in [-0.39, 0.29) is 11.7 Å². The Hall–Kier alpha value is -2.41. The maximum Gasteiger partial charge on any atom is 0.264 e. The number of piperazine rings is 1. The standard InChI is InChI=1S/C26H28ClFN2O2S/c1-17-10-18(2)25(19(3)11-17)32-15-20-12-24(33-16-20)26(31)30-8-6-29(7-9-30)14-21-4-5-22(28)13-23(21)27/h4-5,10-13,16H,6-9,14-15H2,1-3H3. The van der Waals surface area contributed by atoms with Gasteiger partial charge in [-0.05, 0) is 61.0 Å². The second-order valence-corrected chi connectivity index (χ2v) is 9.96. The van der Waals surface area contributed by atoms with Crippen molar-refractivity contribution in [3.8, 4) is 5.75 Å². The average Bonchev–Trinajstić information content (AvgIpc) is 3.24. The fraction of sp³-hybridized carbons (Fsp3) is 0.346. The smallest absolute Gasteiger partial charge is 0.264 e. The number of hydrogen-bond donors (Lipinski definition) is 0. The van der Waals surface area contributed by atoms with Crippen LogP contribution in [0.5, 0.6) is 5.75 Å². The Morgan fingerprint density at radius 1 is 1.06 bits per heavy atom. The number of amides is 1. The number of thiophene rings is 1. The van der Waals surface area contributed by atoms with E-state index in [1.807, 2.05) is 16.3 Å². The highest BCUT2D eigenvalue weighted by molar-refractivity contribution is 7.12. The SMILES string of the molecule is Cc1cc(C)c(OCc2csc(C(=O)N3CCN(Cc4ccc(F)cc4Cl)CC3)c2)c(C)c1. The van der Waals surface area contributed by atoms with Crippen molar-refractivity contribution in [2.24, 2.45) is 0 Å². The van der Waals surface area contributed by atoms with Gasteiger partial charge in [0.15, 0.2) is 0 Å². The molecule has 33 heavy (non-hydrogen) atoms. The normalized spacial score (nSPS) is 14.5. The molecule has 1 aliphatic rings. The molecule has 0 aliphatic carbocycles. The van der Waals surface area contributed by atoms with Gasteiger partial charge in [0.2, 0.25) is 0 Å². The first-order valence-corrected chi connectivity index (χ1v) is 12.3. The molecule has 2 aromatic carbocycles. The summed E-state index contributed by atoms with van der Waals surface area (Å²) >= 11 is 7.63. The molecule has 0 radical (unpaired) electrons. The van der Waals surface area contributed by atoms with Crippen molar-refractivity contribution in [3.63, 3.8) is 0 Å². The van der Waals surface area contributed by atoms with Crippen LogP contribution >= 0.6 is 22.9 Å². The van der Waals surface area contributed by atoms with Crippen LogP contribution in [0.25, 0.3) is 0 Å². The van der Waals surface area contributed by atoms with Crippen molar-refractivity contribution in [1.82, 2.24) is 9.80 Å². The minimum absolute atomic E-state index is 0.0633. The summed E-state index contributed by atoms with van der Waals surface area (Å²) in [5, 5.41) is 2.44. The van der Waals surface area contributed by atoms with E-state index in [2.05, 4.69) is 37.8 Å². The van der Waals surface area contributed by atoms with Gasteiger partial charge >= 0.3 is 0 Å². The maximum absolute atomic E-state index is 13.3. The van der Waals surface area contributed by atoms with Crippen LogP contribution in [-0.4, -0.2) is 41.9 Å². The van der Waals surface area contributed by atoms with Crippen molar-refractivity contribution in [2.75, 3.05) is 26.2 Å². The Bertz CT molecular complexity index is 1130. The molecular formula is C26H28ClFN2O2S. The lowest BCUT2D eigenvalue weighted by Crippen LogP contribution is -2.48. The maximum atomic E-state index is 13.3. The summed E-state index contributed by atoms with van der Waals surface area (Å²) in [6.07, 6.45) is 0. The third-order valence-electron chi connectivity index (χ3n) is 5.92. The summed E-state index contributed by atoms with van der Waals surface area (Å²) in [6.45, 7) is 10.1. The van der Waals surface area contributed by atoms with Gasteiger partial charge in [0.25, 0.3) is 5.91 Å². The van der Waals surface area contributed by atoms with Crippen molar-refractivity contribution in [3.05, 3.63) is 85.3 Å². The molecule has 0 saturated carbocycles. The number of ether oxygens (including phenoxy) is 1. The van der Waals surface area contributed by atoms with Crippen LogP contribution in [0.2, 0.25) is 5.02 Å². The van der Waals surface area contributed by atoms with E-state index in [0.717, 1.165) is 46.0 Å². The monoisotopic (exact) mass is 486 g/mol. The quantitative estimate of drug-likeness (QED) is 0.428. The number of halogens is 2. The molecule has 1 aliphatic heterocycles. The molecule has 174 valence electrons. The summed E-state index contributed by atoms with van der Waals surface area (Å²) < 4.78 is 19.3. The lowest BCUT2D eigenvalue weighted by molar-refractivity contribution is 0.0633. The van der Waals surface area contributed by atoms with Crippen LogP contribution in [0, 0.1) is 26.6 Å². The predicted octanol–water partition coefficient (Wildman–Crippen LogP) is 6.00. The van der Waals surface area contributed by atoms with Crippen molar-refractivity contribution >= 4 is 28.8 Å². The number of benzene rings is 2. The zero-order valence-corrected chi connectivity index (χ0v) is 20.7. The number of carbonyl (C=O) groups is 1. The van der Waals surface area contributed by atoms with E-state index >= 15 is 0 Å².